The van der Waals surface area contributed by atoms with Gasteiger partial charge in [-0.05, 0) is 147 Å². The van der Waals surface area contributed by atoms with E-state index in [0.29, 0.717) is 41.2 Å². The Balaban J connectivity index is 1.30. The number of carbonyl (C=O) groups is 10. The van der Waals surface area contributed by atoms with Crippen molar-refractivity contribution in [3.05, 3.63) is 234 Å². The van der Waals surface area contributed by atoms with Gasteiger partial charge in [0.05, 0.1) is 102 Å². The quantitative estimate of drug-likeness (QED) is 0.00696. The van der Waals surface area contributed by atoms with E-state index in [1.54, 1.807) is 0 Å². The molecular formula is C74H72N2O28. The Bertz CT molecular complexity index is 3790. The molecule has 0 radical (unpaired) electrons. The molecule has 2 unspecified atom stereocenters. The number of nitro groups is 2. The number of nitro benzene ring substituents is 2. The molecule has 0 fully saturated rings. The Kier molecular flexibility index (Phi) is 30.4. The molecule has 6 aromatic carbocycles. The molecule has 2 N–H and O–H groups in total. The van der Waals surface area contributed by atoms with Gasteiger partial charge in [-0.1, -0.05) is 48.5 Å². The molecule has 6 rings (SSSR count). The summed E-state index contributed by atoms with van der Waals surface area (Å²) in [5.41, 5.74) is -3.87. The van der Waals surface area contributed by atoms with Crippen LogP contribution in [0, 0.1) is 31.1 Å². The minimum atomic E-state index is -2.15. The third kappa shape index (κ3) is 25.2. The average molecular weight is 1440 g/mol. The fraction of sp³-hybridized carbons (Fsp3) is 0.270. The normalized spacial score (nSPS) is 12.0. The van der Waals surface area contributed by atoms with Crippen LogP contribution in [-0.2, 0) is 66.5 Å². The molecule has 0 spiro atoms. The van der Waals surface area contributed by atoms with E-state index in [9.17, 15) is 78.4 Å². The van der Waals surface area contributed by atoms with Gasteiger partial charge in [0.1, 0.15) is 37.9 Å². The van der Waals surface area contributed by atoms with Crippen LogP contribution in [0.1, 0.15) is 124 Å². The van der Waals surface area contributed by atoms with Crippen molar-refractivity contribution < 1.29 is 125 Å². The monoisotopic (exact) mass is 1440 g/mol. The predicted molar refractivity (Wildman–Crippen MR) is 366 cm³/mol. The second-order valence-electron chi connectivity index (χ2n) is 23.1. The number of non-ortho nitro benzene ring substituents is 2. The minimum Gasteiger partial charge on any atom is -0.466 e. The number of aliphatic hydroxyl groups excluding tert-OH is 2. The summed E-state index contributed by atoms with van der Waals surface area (Å²) in [7, 11) is 4.80. The van der Waals surface area contributed by atoms with Crippen molar-refractivity contribution in [2.75, 3.05) is 68.1 Å². The number of carbonyl (C=O) groups excluding carboxylic acids is 10. The van der Waals surface area contributed by atoms with E-state index >= 15 is 0 Å². The summed E-state index contributed by atoms with van der Waals surface area (Å²) in [6.45, 7) is -0.705. The highest BCUT2D eigenvalue weighted by Crippen LogP contribution is 2.34. The summed E-state index contributed by atoms with van der Waals surface area (Å²) in [4.78, 5) is 149. The first-order valence-electron chi connectivity index (χ1n) is 31.4. The smallest absolute Gasteiger partial charge is 0.338 e. The molecule has 0 aliphatic rings. The number of ether oxygens (including phenoxy) is 12. The van der Waals surface area contributed by atoms with Crippen molar-refractivity contribution >= 4 is 95.4 Å². The molecule has 30 nitrogen and oxygen atoms in total. The van der Waals surface area contributed by atoms with Crippen molar-refractivity contribution in [3.63, 3.8) is 0 Å². The molecule has 0 bridgehead atoms. The standard InChI is InChI=1S/C74H72N2O28/c1-73(43-99-65(81)51-23-11-47(12-24-51)19-31-61(77)93-3,44-100-66(82)52-25-13-48(14-26-52)20-32-62(78)94-4)71(87)103-59-39-56(70(86)98-36-10-8-7-9-35-97-69(85)55-37-57(75(89)90)41-58(38-55)76(91)92)40-60(42-59)104-72(88)74(2,45-101-67(83)53-27-15-49(16-28-53)21-33-63(79)95-5)46-102-68(84)54-29-17-50(18-30-54)22-34-64(80)96-6/h11-34,37-42,71-72,87-88H,7-10,35-36,43-46H2,1-6H3/b31-19+,32-20+,33-21+,34-22+. The van der Waals surface area contributed by atoms with Gasteiger partial charge >= 0.3 is 59.7 Å². The van der Waals surface area contributed by atoms with Crippen molar-refractivity contribution in [3.8, 4) is 11.5 Å². The van der Waals surface area contributed by atoms with Crippen LogP contribution < -0.4 is 9.47 Å². The van der Waals surface area contributed by atoms with Crippen LogP contribution in [0.2, 0.25) is 0 Å². The van der Waals surface area contributed by atoms with Crippen LogP contribution in [0.5, 0.6) is 11.5 Å². The van der Waals surface area contributed by atoms with Crippen LogP contribution in [0.3, 0.4) is 0 Å². The molecule has 6 aromatic rings. The van der Waals surface area contributed by atoms with Gasteiger partial charge in [-0.25, -0.2) is 47.9 Å². The van der Waals surface area contributed by atoms with Gasteiger partial charge < -0.3 is 67.1 Å². The fourth-order valence-corrected chi connectivity index (χ4v) is 8.82. The van der Waals surface area contributed by atoms with Gasteiger partial charge in [-0.15, -0.1) is 0 Å². The van der Waals surface area contributed by atoms with Crippen LogP contribution in [0.25, 0.3) is 24.3 Å². The number of benzene rings is 6. The van der Waals surface area contributed by atoms with Gasteiger partial charge in [0, 0.05) is 42.5 Å². The first-order valence-corrected chi connectivity index (χ1v) is 31.4. The summed E-state index contributed by atoms with van der Waals surface area (Å²) in [5.74, 6) is -9.08. The first-order chi connectivity index (χ1) is 49.6. The molecule has 0 saturated carbocycles. The topological polar surface area (TPSA) is 408 Å². The third-order valence-electron chi connectivity index (χ3n) is 15.0. The van der Waals surface area contributed by atoms with E-state index in [-0.39, 0.29) is 53.9 Å². The fourth-order valence-electron chi connectivity index (χ4n) is 8.82. The zero-order chi connectivity index (χ0) is 75.9. The molecule has 0 aliphatic heterocycles. The molecule has 0 saturated heterocycles. The summed E-state index contributed by atoms with van der Waals surface area (Å²) in [5, 5.41) is 47.1. The Morgan fingerprint density at radius 1 is 0.365 bits per heavy atom. The lowest BCUT2D eigenvalue weighted by molar-refractivity contribution is -0.394. The highest BCUT2D eigenvalue weighted by Gasteiger charge is 2.41. The van der Waals surface area contributed by atoms with Crippen LogP contribution in [0.15, 0.2) is 158 Å². The second kappa shape index (κ2) is 39.3. The van der Waals surface area contributed by atoms with Gasteiger partial charge in [0.25, 0.3) is 11.4 Å². The largest absolute Gasteiger partial charge is 0.466 e. The summed E-state index contributed by atoms with van der Waals surface area (Å²) in [6.07, 6.45) is 7.36. The van der Waals surface area contributed by atoms with Crippen molar-refractivity contribution in [1.82, 2.24) is 0 Å². The lowest BCUT2D eigenvalue weighted by Gasteiger charge is -2.34. The highest BCUT2D eigenvalue weighted by molar-refractivity contribution is 5.95. The SMILES string of the molecule is COC(=O)/C=C/c1ccc(C(=O)OCC(C)(COC(=O)c2ccc(/C=C/C(=O)OC)cc2)C(O)Oc2cc(OC(O)C(C)(COC(=O)c3ccc(/C=C/C(=O)OC)cc3)COC(=O)c3ccc(/C=C/C(=O)OC)cc3)cc(C(=O)OCCCCCCOC(=O)c3cc([N+](=O)[O-])cc([N+](=O)[O-])c3)c2)cc1. The lowest BCUT2D eigenvalue weighted by atomic mass is 9.91. The number of hydrogen-bond acceptors (Lipinski definition) is 28. The summed E-state index contributed by atoms with van der Waals surface area (Å²) in [6, 6.07) is 28.9. The second-order valence-corrected chi connectivity index (χ2v) is 23.1. The third-order valence-corrected chi connectivity index (χ3v) is 15.0. The van der Waals surface area contributed by atoms with Crippen LogP contribution in [-0.4, -0.2) is 160 Å². The molecule has 30 heteroatoms. The Labute approximate surface area is 594 Å². The lowest BCUT2D eigenvalue weighted by Crippen LogP contribution is -2.45. The maximum atomic E-state index is 14.1. The first kappa shape index (κ1) is 80.3. The van der Waals surface area contributed by atoms with Crippen LogP contribution in [0.4, 0.5) is 11.4 Å². The van der Waals surface area contributed by atoms with Crippen molar-refractivity contribution in [1.29, 1.82) is 0 Å². The minimum absolute atomic E-state index is 0.0118. The van der Waals surface area contributed by atoms with Crippen molar-refractivity contribution in [2.45, 2.75) is 52.1 Å². The number of unbranched alkanes of at least 4 members (excludes halogenated alkanes) is 3. The van der Waals surface area contributed by atoms with Gasteiger partial charge in [-0.2, -0.15) is 0 Å². The number of nitrogens with zero attached hydrogens (tertiary/aromatic N) is 2. The predicted octanol–water partition coefficient (Wildman–Crippen LogP) is 9.66. The number of rotatable bonds is 37. The molecule has 546 valence electrons. The van der Waals surface area contributed by atoms with Gasteiger partial charge in [0.2, 0.25) is 12.6 Å². The van der Waals surface area contributed by atoms with Crippen LogP contribution >= 0.6 is 0 Å². The van der Waals surface area contributed by atoms with Crippen molar-refractivity contribution in [2.24, 2.45) is 10.8 Å². The Morgan fingerprint density at radius 2 is 0.615 bits per heavy atom. The number of aliphatic hydroxyl groups is 2. The summed E-state index contributed by atoms with van der Waals surface area (Å²) < 4.78 is 64.4. The molecule has 0 amide bonds. The number of methoxy groups -OCH3 is 4. The van der Waals surface area contributed by atoms with Gasteiger partial charge in [-0.3, -0.25) is 20.2 Å². The molecule has 0 aliphatic carbocycles. The van der Waals surface area contributed by atoms with E-state index in [1.165, 1.54) is 164 Å². The maximum Gasteiger partial charge on any atom is 0.338 e. The average Bonchev–Trinajstić information content (AvgIpc) is 0.811. The Morgan fingerprint density at radius 3 is 0.865 bits per heavy atom. The highest BCUT2D eigenvalue weighted by atomic mass is 16.6. The zero-order valence-electron chi connectivity index (χ0n) is 56.9. The van der Waals surface area contributed by atoms with Gasteiger partial charge in [0.15, 0.2) is 0 Å². The molecule has 0 heterocycles. The molecule has 104 heavy (non-hydrogen) atoms. The van der Waals surface area contributed by atoms with E-state index in [4.69, 9.17) is 37.9 Å². The molecule has 0 aromatic heterocycles. The van der Waals surface area contributed by atoms with E-state index < -0.39 is 148 Å². The zero-order valence-corrected chi connectivity index (χ0v) is 56.9. The van der Waals surface area contributed by atoms with E-state index in [1.807, 2.05) is 0 Å². The number of esters is 10. The van der Waals surface area contributed by atoms with E-state index in [2.05, 4.69) is 18.9 Å². The number of hydrogen-bond donors (Lipinski definition) is 2. The Hall–Kier alpha value is -12.7. The maximum absolute atomic E-state index is 14.1. The summed E-state index contributed by atoms with van der Waals surface area (Å²) >= 11 is 0. The van der Waals surface area contributed by atoms with E-state index in [0.717, 1.165) is 54.6 Å². The molecule has 2 atom stereocenters. The molecular weight excluding hydrogens is 1360 g/mol.